The van der Waals surface area contributed by atoms with Gasteiger partial charge in [-0.2, -0.15) is 5.10 Å². The average Bonchev–Trinajstić information content (AvgIpc) is 2.62. The third kappa shape index (κ3) is 1.96. The van der Waals surface area contributed by atoms with Crippen molar-refractivity contribution in [1.29, 1.82) is 0 Å². The van der Waals surface area contributed by atoms with Crippen LogP contribution in [0, 0.1) is 0 Å². The molecule has 0 fully saturated rings. The molecule has 0 aliphatic rings. The minimum atomic E-state index is -0.298. The van der Waals surface area contributed by atoms with Crippen LogP contribution < -0.4 is 0 Å². The highest BCUT2D eigenvalue weighted by molar-refractivity contribution is 5.76. The van der Waals surface area contributed by atoms with Gasteiger partial charge in [-0.3, -0.25) is 4.79 Å². The quantitative estimate of drug-likeness (QED) is 0.701. The van der Waals surface area contributed by atoms with E-state index in [-0.39, 0.29) is 12.5 Å². The van der Waals surface area contributed by atoms with Crippen molar-refractivity contribution in [3.8, 4) is 0 Å². The Morgan fingerprint density at radius 2 is 2.47 bits per heavy atom. The molecule has 2 heterocycles. The molecule has 5 nitrogen and oxygen atoms in total. The molecule has 0 amide bonds. The van der Waals surface area contributed by atoms with Crippen molar-refractivity contribution in [3.05, 3.63) is 24.5 Å². The summed E-state index contributed by atoms with van der Waals surface area (Å²) in [6.07, 6.45) is 3.35. The summed E-state index contributed by atoms with van der Waals surface area (Å²) in [5, 5.41) is 4.99. The molecule has 0 aliphatic heterocycles. The second-order valence-electron chi connectivity index (χ2n) is 3.02. The fraction of sp³-hybridized carbons (Fsp3) is 0.300. The summed E-state index contributed by atoms with van der Waals surface area (Å²) < 4.78 is 6.37. The maximum absolute atomic E-state index is 11.2. The van der Waals surface area contributed by atoms with Gasteiger partial charge in [-0.05, 0) is 19.1 Å². The van der Waals surface area contributed by atoms with Gasteiger partial charge in [-0.1, -0.05) is 0 Å². The van der Waals surface area contributed by atoms with Crippen LogP contribution in [0.2, 0.25) is 0 Å². The van der Waals surface area contributed by atoms with Crippen LogP contribution >= 0.6 is 0 Å². The summed E-state index contributed by atoms with van der Waals surface area (Å²) >= 11 is 0. The Morgan fingerprint density at radius 3 is 3.27 bits per heavy atom. The largest absolute Gasteiger partial charge is 0.465 e. The summed E-state index contributed by atoms with van der Waals surface area (Å²) in [5.74, 6) is -0.298. The Hall–Kier alpha value is -1.91. The van der Waals surface area contributed by atoms with E-state index < -0.39 is 0 Å². The van der Waals surface area contributed by atoms with Gasteiger partial charge >= 0.3 is 5.97 Å². The molecule has 0 N–H and O–H groups in total. The van der Waals surface area contributed by atoms with E-state index >= 15 is 0 Å². The van der Waals surface area contributed by atoms with E-state index in [4.69, 9.17) is 4.74 Å². The molecule has 0 aliphatic carbocycles. The zero-order valence-corrected chi connectivity index (χ0v) is 8.38. The third-order valence-electron chi connectivity index (χ3n) is 1.98. The molecule has 0 unspecified atom stereocenters. The van der Waals surface area contributed by atoms with Crippen LogP contribution in [0.25, 0.3) is 11.0 Å². The molecule has 0 saturated carbocycles. The predicted octanol–water partition coefficient (Wildman–Crippen LogP) is 0.994. The second-order valence-corrected chi connectivity index (χ2v) is 3.02. The maximum atomic E-state index is 11.2. The number of hydrogen-bond donors (Lipinski definition) is 0. The van der Waals surface area contributed by atoms with Gasteiger partial charge in [0.2, 0.25) is 0 Å². The number of fused-ring (bicyclic) bond motifs is 1. The number of esters is 1. The SMILES string of the molecule is CCOC(=O)Cn1ncc2cccnc21. The summed E-state index contributed by atoms with van der Waals surface area (Å²) in [6.45, 7) is 2.26. The summed E-state index contributed by atoms with van der Waals surface area (Å²) in [5.41, 5.74) is 0.700. The van der Waals surface area contributed by atoms with E-state index in [0.717, 1.165) is 5.39 Å². The molecule has 0 radical (unpaired) electrons. The standard InChI is InChI=1S/C10H11N3O2/c1-2-15-9(14)7-13-10-8(6-12-13)4-3-5-11-10/h3-6H,2,7H2,1H3. The molecule has 2 aromatic rings. The number of rotatable bonds is 3. The van der Waals surface area contributed by atoms with Crippen molar-refractivity contribution in [2.75, 3.05) is 6.61 Å². The van der Waals surface area contributed by atoms with E-state index in [1.165, 1.54) is 4.68 Å². The van der Waals surface area contributed by atoms with E-state index in [9.17, 15) is 4.79 Å². The Labute approximate surface area is 86.7 Å². The van der Waals surface area contributed by atoms with Crippen molar-refractivity contribution >= 4 is 17.0 Å². The lowest BCUT2D eigenvalue weighted by Gasteiger charge is -2.02. The molecule has 15 heavy (non-hydrogen) atoms. The van der Waals surface area contributed by atoms with Crippen LogP contribution in [0.1, 0.15) is 6.92 Å². The first-order valence-electron chi connectivity index (χ1n) is 4.73. The van der Waals surface area contributed by atoms with Crippen LogP contribution in [-0.2, 0) is 16.1 Å². The van der Waals surface area contributed by atoms with E-state index in [1.54, 1.807) is 19.3 Å². The molecule has 0 aromatic carbocycles. The number of aromatic nitrogens is 3. The molecule has 0 spiro atoms. The Morgan fingerprint density at radius 1 is 1.60 bits per heavy atom. The third-order valence-corrected chi connectivity index (χ3v) is 1.98. The summed E-state index contributed by atoms with van der Waals surface area (Å²) in [7, 11) is 0. The van der Waals surface area contributed by atoms with Gasteiger partial charge in [0.1, 0.15) is 6.54 Å². The normalized spacial score (nSPS) is 10.5. The highest BCUT2D eigenvalue weighted by Gasteiger charge is 2.08. The van der Waals surface area contributed by atoms with Crippen LogP contribution in [0.3, 0.4) is 0 Å². The number of pyridine rings is 1. The highest BCUT2D eigenvalue weighted by atomic mass is 16.5. The Balaban J connectivity index is 2.25. The van der Waals surface area contributed by atoms with Gasteiger partial charge in [-0.15, -0.1) is 0 Å². The molecule has 0 atom stereocenters. The van der Waals surface area contributed by atoms with E-state index in [1.807, 2.05) is 12.1 Å². The Kier molecular flexibility index (Phi) is 2.62. The molecular formula is C10H11N3O2. The number of ether oxygens (including phenoxy) is 1. The van der Waals surface area contributed by atoms with Crippen molar-refractivity contribution in [2.45, 2.75) is 13.5 Å². The monoisotopic (exact) mass is 205 g/mol. The maximum Gasteiger partial charge on any atom is 0.327 e. The molecule has 2 rings (SSSR count). The van der Waals surface area contributed by atoms with Crippen molar-refractivity contribution < 1.29 is 9.53 Å². The number of carbonyl (C=O) groups is 1. The van der Waals surface area contributed by atoms with Gasteiger partial charge in [0.25, 0.3) is 0 Å². The fourth-order valence-electron chi connectivity index (χ4n) is 1.36. The topological polar surface area (TPSA) is 57.0 Å². The number of hydrogen-bond acceptors (Lipinski definition) is 4. The van der Waals surface area contributed by atoms with E-state index in [2.05, 4.69) is 10.1 Å². The first kappa shape index (κ1) is 9.64. The lowest BCUT2D eigenvalue weighted by molar-refractivity contribution is -0.143. The molecule has 5 heteroatoms. The van der Waals surface area contributed by atoms with Crippen LogP contribution in [0.15, 0.2) is 24.5 Å². The van der Waals surface area contributed by atoms with Crippen LogP contribution in [0.5, 0.6) is 0 Å². The van der Waals surface area contributed by atoms with Gasteiger partial charge in [-0.25, -0.2) is 9.67 Å². The first-order valence-corrected chi connectivity index (χ1v) is 4.73. The van der Waals surface area contributed by atoms with Gasteiger partial charge in [0.15, 0.2) is 5.65 Å². The zero-order valence-electron chi connectivity index (χ0n) is 8.38. The van der Waals surface area contributed by atoms with Crippen molar-refractivity contribution in [3.63, 3.8) is 0 Å². The number of nitrogens with zero attached hydrogens (tertiary/aromatic N) is 3. The second kappa shape index (κ2) is 4.08. The minimum absolute atomic E-state index is 0.106. The summed E-state index contributed by atoms with van der Waals surface area (Å²) in [4.78, 5) is 15.4. The minimum Gasteiger partial charge on any atom is -0.465 e. The van der Waals surface area contributed by atoms with Gasteiger partial charge in [0.05, 0.1) is 12.8 Å². The molecular weight excluding hydrogens is 194 g/mol. The van der Waals surface area contributed by atoms with Gasteiger partial charge < -0.3 is 4.74 Å². The zero-order chi connectivity index (χ0) is 10.7. The lowest BCUT2D eigenvalue weighted by atomic mass is 10.4. The molecule has 0 bridgehead atoms. The average molecular weight is 205 g/mol. The smallest absolute Gasteiger partial charge is 0.327 e. The van der Waals surface area contributed by atoms with Crippen molar-refractivity contribution in [1.82, 2.24) is 14.8 Å². The van der Waals surface area contributed by atoms with Crippen molar-refractivity contribution in [2.24, 2.45) is 0 Å². The fourth-order valence-corrected chi connectivity index (χ4v) is 1.36. The van der Waals surface area contributed by atoms with E-state index in [0.29, 0.717) is 12.3 Å². The highest BCUT2D eigenvalue weighted by Crippen LogP contribution is 2.09. The molecule has 0 saturated heterocycles. The predicted molar refractivity (Wildman–Crippen MR) is 54.2 cm³/mol. The summed E-state index contributed by atoms with van der Waals surface area (Å²) in [6, 6.07) is 3.73. The van der Waals surface area contributed by atoms with Gasteiger partial charge in [0, 0.05) is 11.6 Å². The van der Waals surface area contributed by atoms with Crippen LogP contribution in [-0.4, -0.2) is 27.3 Å². The van der Waals surface area contributed by atoms with Crippen LogP contribution in [0.4, 0.5) is 0 Å². The molecule has 2 aromatic heterocycles. The lowest BCUT2D eigenvalue weighted by Crippen LogP contribution is -2.14. The Bertz CT molecular complexity index is 478. The first-order chi connectivity index (χ1) is 7.31. The number of carbonyl (C=O) groups excluding carboxylic acids is 1. The molecule has 78 valence electrons.